The summed E-state index contributed by atoms with van der Waals surface area (Å²) < 4.78 is 0. The lowest BCUT2D eigenvalue weighted by Crippen LogP contribution is -2.39. The summed E-state index contributed by atoms with van der Waals surface area (Å²) in [6.45, 7) is 4.77. The Kier molecular flexibility index (Phi) is 6.34. The third-order valence-corrected chi connectivity index (χ3v) is 6.53. The molecule has 1 saturated carbocycles. The molecule has 0 radical (unpaired) electrons. The van der Waals surface area contributed by atoms with Gasteiger partial charge in [0.15, 0.2) is 0 Å². The fraction of sp³-hybridized carbons (Fsp3) is 0.600. The molecule has 1 atom stereocenters. The molecule has 3 fully saturated rings. The highest BCUT2D eigenvalue weighted by Gasteiger charge is 2.58. The lowest BCUT2D eigenvalue weighted by Gasteiger charge is -2.26. The topological polar surface area (TPSA) is 52.7 Å². The van der Waals surface area contributed by atoms with Gasteiger partial charge in [-0.15, -0.1) is 12.4 Å². The van der Waals surface area contributed by atoms with E-state index in [0.29, 0.717) is 36.1 Å². The first-order valence-electron chi connectivity index (χ1n) is 9.63. The van der Waals surface area contributed by atoms with Crippen molar-refractivity contribution in [3.63, 3.8) is 0 Å². The van der Waals surface area contributed by atoms with E-state index in [1.807, 2.05) is 9.80 Å². The summed E-state index contributed by atoms with van der Waals surface area (Å²) in [5.41, 5.74) is 0.929. The molecule has 4 rings (SSSR count). The Balaban J connectivity index is 0.00000210. The zero-order valence-corrected chi connectivity index (χ0v) is 17.0. The first-order valence-corrected chi connectivity index (χ1v) is 10.0. The monoisotopic (exact) mass is 411 g/mol. The minimum Gasteiger partial charge on any atom is -0.341 e. The van der Waals surface area contributed by atoms with Crippen LogP contribution in [0.25, 0.3) is 0 Å². The van der Waals surface area contributed by atoms with Crippen LogP contribution >= 0.6 is 24.0 Å². The maximum atomic E-state index is 13.0. The van der Waals surface area contributed by atoms with Gasteiger partial charge in [-0.25, -0.2) is 0 Å². The molecule has 27 heavy (non-hydrogen) atoms. The van der Waals surface area contributed by atoms with E-state index in [9.17, 15) is 9.59 Å². The number of amides is 2. The van der Waals surface area contributed by atoms with E-state index < -0.39 is 0 Å². The second-order valence-corrected chi connectivity index (χ2v) is 8.28. The lowest BCUT2D eigenvalue weighted by atomic mass is 9.91. The van der Waals surface area contributed by atoms with Crippen molar-refractivity contribution in [2.75, 3.05) is 39.3 Å². The third-order valence-electron chi connectivity index (χ3n) is 6.27. The molecule has 3 aliphatic rings. The lowest BCUT2D eigenvalue weighted by molar-refractivity contribution is -0.133. The molecule has 0 aromatic heterocycles. The van der Waals surface area contributed by atoms with E-state index >= 15 is 0 Å². The molecule has 1 aromatic rings. The van der Waals surface area contributed by atoms with Crippen LogP contribution in [0, 0.1) is 11.3 Å². The number of hydrogen-bond acceptors (Lipinski definition) is 3. The van der Waals surface area contributed by atoms with Crippen LogP contribution in [0.5, 0.6) is 0 Å². The summed E-state index contributed by atoms with van der Waals surface area (Å²) in [7, 11) is 0. The fourth-order valence-corrected chi connectivity index (χ4v) is 4.64. The largest absolute Gasteiger partial charge is 0.341 e. The van der Waals surface area contributed by atoms with Gasteiger partial charge < -0.3 is 15.1 Å². The van der Waals surface area contributed by atoms with E-state index in [1.165, 1.54) is 0 Å². The maximum absolute atomic E-state index is 13.0. The van der Waals surface area contributed by atoms with Gasteiger partial charge in [0.05, 0.1) is 0 Å². The van der Waals surface area contributed by atoms with Crippen molar-refractivity contribution in [3.8, 4) is 0 Å². The molecule has 2 saturated heterocycles. The van der Waals surface area contributed by atoms with Crippen molar-refractivity contribution in [2.45, 2.75) is 25.7 Å². The summed E-state index contributed by atoms with van der Waals surface area (Å²) in [6.07, 6.45) is 4.14. The normalized spacial score (nSPS) is 24.1. The Bertz CT molecular complexity index is 689. The predicted octanol–water partition coefficient (Wildman–Crippen LogP) is 2.83. The van der Waals surface area contributed by atoms with Gasteiger partial charge in [-0.1, -0.05) is 11.6 Å². The summed E-state index contributed by atoms with van der Waals surface area (Å²) in [4.78, 5) is 29.5. The maximum Gasteiger partial charge on any atom is 0.253 e. The first kappa shape index (κ1) is 20.4. The van der Waals surface area contributed by atoms with Crippen LogP contribution in [0.2, 0.25) is 5.02 Å². The van der Waals surface area contributed by atoms with Crippen LogP contribution in [0.3, 0.4) is 0 Å². The Labute approximate surface area is 171 Å². The number of nitrogens with zero attached hydrogens (tertiary/aromatic N) is 2. The van der Waals surface area contributed by atoms with Gasteiger partial charge in [0.1, 0.15) is 0 Å². The molecule has 1 spiro atoms. The van der Waals surface area contributed by atoms with Crippen LogP contribution in [-0.4, -0.2) is 60.9 Å². The van der Waals surface area contributed by atoms with Gasteiger partial charge in [0.2, 0.25) is 5.91 Å². The smallest absolute Gasteiger partial charge is 0.253 e. The van der Waals surface area contributed by atoms with Crippen molar-refractivity contribution in [2.24, 2.45) is 11.3 Å². The molecule has 0 bridgehead atoms. The van der Waals surface area contributed by atoms with Crippen LogP contribution in [0.15, 0.2) is 24.3 Å². The van der Waals surface area contributed by atoms with Gasteiger partial charge in [0.25, 0.3) is 5.91 Å². The number of benzene rings is 1. The van der Waals surface area contributed by atoms with E-state index in [1.54, 1.807) is 24.3 Å². The molecule has 1 aromatic carbocycles. The molecule has 7 heteroatoms. The highest BCUT2D eigenvalue weighted by molar-refractivity contribution is 6.30. The fourth-order valence-electron chi connectivity index (χ4n) is 4.51. The number of carbonyl (C=O) groups excluding carboxylic acids is 2. The minimum absolute atomic E-state index is 0. The number of halogens is 2. The standard InChI is InChI=1S/C20H26ClN3O2.ClH/c21-16-4-2-15(3-5-16)18(25)23-10-1-11-24(13-12-23)19(26)17-14-20(17)6-8-22-9-7-20;/h2-5,17,22H,1,6-14H2;1H. The van der Waals surface area contributed by atoms with Crippen LogP contribution < -0.4 is 5.32 Å². The van der Waals surface area contributed by atoms with Gasteiger partial charge in [0, 0.05) is 42.7 Å². The molecule has 2 heterocycles. The molecule has 1 N–H and O–H groups in total. The van der Waals surface area contributed by atoms with Crippen molar-refractivity contribution in [3.05, 3.63) is 34.9 Å². The van der Waals surface area contributed by atoms with E-state index in [4.69, 9.17) is 11.6 Å². The molecule has 2 amide bonds. The molecule has 2 aliphatic heterocycles. The van der Waals surface area contributed by atoms with Crippen molar-refractivity contribution >= 4 is 35.8 Å². The second-order valence-electron chi connectivity index (χ2n) is 7.85. The average Bonchev–Trinajstić information content (AvgIpc) is 3.40. The molecular weight excluding hydrogens is 385 g/mol. The van der Waals surface area contributed by atoms with Crippen LogP contribution in [-0.2, 0) is 4.79 Å². The minimum atomic E-state index is 0. The molecule has 5 nitrogen and oxygen atoms in total. The summed E-state index contributed by atoms with van der Waals surface area (Å²) in [5.74, 6) is 0.549. The summed E-state index contributed by atoms with van der Waals surface area (Å²) >= 11 is 5.91. The van der Waals surface area contributed by atoms with E-state index in [-0.39, 0.29) is 29.6 Å². The quantitative estimate of drug-likeness (QED) is 0.813. The number of rotatable bonds is 2. The Morgan fingerprint density at radius 2 is 1.63 bits per heavy atom. The van der Waals surface area contributed by atoms with Crippen LogP contribution in [0.4, 0.5) is 0 Å². The van der Waals surface area contributed by atoms with Crippen molar-refractivity contribution < 1.29 is 9.59 Å². The van der Waals surface area contributed by atoms with Gasteiger partial charge in [-0.3, -0.25) is 9.59 Å². The molecule has 1 unspecified atom stereocenters. The van der Waals surface area contributed by atoms with Crippen molar-refractivity contribution in [1.29, 1.82) is 0 Å². The molecular formula is C20H27Cl2N3O2. The Morgan fingerprint density at radius 1 is 1.00 bits per heavy atom. The Morgan fingerprint density at radius 3 is 2.33 bits per heavy atom. The number of nitrogens with one attached hydrogen (secondary N) is 1. The summed E-state index contributed by atoms with van der Waals surface area (Å²) in [5, 5.41) is 4.02. The van der Waals surface area contributed by atoms with Crippen LogP contribution in [0.1, 0.15) is 36.0 Å². The highest BCUT2D eigenvalue weighted by Crippen LogP contribution is 2.59. The SMILES string of the molecule is Cl.O=C(c1ccc(Cl)cc1)N1CCCN(C(=O)C2CC23CCNCC3)CC1. The first-order chi connectivity index (χ1) is 12.6. The van der Waals surface area contributed by atoms with Crippen molar-refractivity contribution in [1.82, 2.24) is 15.1 Å². The van der Waals surface area contributed by atoms with Gasteiger partial charge >= 0.3 is 0 Å². The molecule has 1 aliphatic carbocycles. The average molecular weight is 412 g/mol. The highest BCUT2D eigenvalue weighted by atomic mass is 35.5. The third kappa shape index (κ3) is 4.25. The summed E-state index contributed by atoms with van der Waals surface area (Å²) in [6, 6.07) is 7.02. The Hall–Kier alpha value is -1.30. The second kappa shape index (κ2) is 8.38. The van der Waals surface area contributed by atoms with Gasteiger partial charge in [-0.05, 0) is 68.5 Å². The predicted molar refractivity (Wildman–Crippen MR) is 108 cm³/mol. The number of carbonyl (C=O) groups is 2. The van der Waals surface area contributed by atoms with E-state index in [2.05, 4.69) is 5.32 Å². The number of piperidine rings is 1. The molecule has 148 valence electrons. The zero-order chi connectivity index (χ0) is 18.1. The zero-order valence-electron chi connectivity index (χ0n) is 15.5. The van der Waals surface area contributed by atoms with Gasteiger partial charge in [-0.2, -0.15) is 0 Å². The van der Waals surface area contributed by atoms with E-state index in [0.717, 1.165) is 45.3 Å². The number of hydrogen-bond donors (Lipinski definition) is 1.